The van der Waals surface area contributed by atoms with E-state index >= 15 is 0 Å². The number of hydrogen-bond acceptors (Lipinski definition) is 1. The molecule has 0 aliphatic heterocycles. The fraction of sp³-hybridized carbons (Fsp3) is 0. The molecular formula is C8H6Br2O. The monoisotopic (exact) mass is 276 g/mol. The lowest BCUT2D eigenvalue weighted by atomic mass is 10.2. The van der Waals surface area contributed by atoms with Crippen LogP contribution in [-0.4, -0.2) is 5.11 Å². The van der Waals surface area contributed by atoms with Gasteiger partial charge in [-0.25, -0.2) is 0 Å². The molecule has 0 saturated heterocycles. The standard InChI is InChI=1S/C8H6Br2O/c9-8(10)7(11)6-4-2-1-3-5-6/h1-5,11H. The molecule has 3 heteroatoms. The first kappa shape index (κ1) is 8.81. The molecular weight excluding hydrogens is 272 g/mol. The minimum Gasteiger partial charge on any atom is -0.506 e. The third kappa shape index (κ3) is 2.34. The van der Waals surface area contributed by atoms with E-state index in [9.17, 15) is 5.11 Å². The number of aliphatic hydroxyl groups is 1. The van der Waals surface area contributed by atoms with Crippen molar-refractivity contribution in [2.24, 2.45) is 0 Å². The lowest BCUT2D eigenvalue weighted by Crippen LogP contribution is -1.80. The zero-order valence-corrected chi connectivity index (χ0v) is 8.76. The molecule has 0 heterocycles. The molecule has 0 aromatic heterocycles. The van der Waals surface area contributed by atoms with Gasteiger partial charge in [0, 0.05) is 5.56 Å². The summed E-state index contributed by atoms with van der Waals surface area (Å²) >= 11 is 6.25. The zero-order valence-electron chi connectivity index (χ0n) is 5.59. The van der Waals surface area contributed by atoms with Crippen LogP contribution in [0.4, 0.5) is 0 Å². The first-order chi connectivity index (χ1) is 5.22. The Morgan fingerprint density at radius 2 is 1.64 bits per heavy atom. The maximum Gasteiger partial charge on any atom is 0.143 e. The van der Waals surface area contributed by atoms with Crippen molar-refractivity contribution in [1.29, 1.82) is 0 Å². The summed E-state index contributed by atoms with van der Waals surface area (Å²) in [7, 11) is 0. The van der Waals surface area contributed by atoms with Gasteiger partial charge in [-0.3, -0.25) is 0 Å². The summed E-state index contributed by atoms with van der Waals surface area (Å²) in [4.78, 5) is 0. The molecule has 0 unspecified atom stereocenters. The van der Waals surface area contributed by atoms with Crippen molar-refractivity contribution in [3.63, 3.8) is 0 Å². The maximum atomic E-state index is 9.38. The average Bonchev–Trinajstić information content (AvgIpc) is 2.05. The predicted octanol–water partition coefficient (Wildman–Crippen LogP) is 3.66. The van der Waals surface area contributed by atoms with Crippen LogP contribution in [0.1, 0.15) is 5.56 Å². The summed E-state index contributed by atoms with van der Waals surface area (Å²) in [5.41, 5.74) is 0.788. The van der Waals surface area contributed by atoms with Gasteiger partial charge in [0.15, 0.2) is 0 Å². The lowest BCUT2D eigenvalue weighted by Gasteiger charge is -1.98. The van der Waals surface area contributed by atoms with E-state index in [2.05, 4.69) is 31.9 Å². The quantitative estimate of drug-likeness (QED) is 0.777. The highest BCUT2D eigenvalue weighted by Crippen LogP contribution is 2.24. The van der Waals surface area contributed by atoms with E-state index < -0.39 is 0 Å². The van der Waals surface area contributed by atoms with Crippen molar-refractivity contribution in [2.45, 2.75) is 0 Å². The van der Waals surface area contributed by atoms with Gasteiger partial charge in [0.25, 0.3) is 0 Å². The van der Waals surface area contributed by atoms with Crippen LogP contribution in [0.15, 0.2) is 33.7 Å². The smallest absolute Gasteiger partial charge is 0.143 e. The highest BCUT2D eigenvalue weighted by atomic mass is 79.9. The fourth-order valence-electron chi connectivity index (χ4n) is 0.705. The topological polar surface area (TPSA) is 20.2 Å². The molecule has 0 aliphatic rings. The van der Waals surface area contributed by atoms with Gasteiger partial charge >= 0.3 is 0 Å². The Kier molecular flexibility index (Phi) is 3.15. The minimum atomic E-state index is 0.214. The van der Waals surface area contributed by atoms with Gasteiger partial charge in [-0.1, -0.05) is 30.3 Å². The molecule has 0 amide bonds. The van der Waals surface area contributed by atoms with Crippen LogP contribution in [-0.2, 0) is 0 Å². The summed E-state index contributed by atoms with van der Waals surface area (Å²) in [5.74, 6) is 0.214. The van der Waals surface area contributed by atoms with E-state index in [1.807, 2.05) is 30.3 Å². The van der Waals surface area contributed by atoms with E-state index in [0.29, 0.717) is 3.39 Å². The molecule has 1 nitrogen and oxygen atoms in total. The second-order valence-electron chi connectivity index (χ2n) is 1.98. The Bertz CT molecular complexity index is 263. The van der Waals surface area contributed by atoms with Crippen LogP contribution >= 0.6 is 31.9 Å². The van der Waals surface area contributed by atoms with Gasteiger partial charge < -0.3 is 5.11 Å². The van der Waals surface area contributed by atoms with Crippen molar-refractivity contribution < 1.29 is 5.11 Å². The van der Waals surface area contributed by atoms with Crippen molar-refractivity contribution in [1.82, 2.24) is 0 Å². The molecule has 1 N–H and O–H groups in total. The first-order valence-electron chi connectivity index (χ1n) is 3.01. The van der Waals surface area contributed by atoms with Crippen LogP contribution in [0.2, 0.25) is 0 Å². The minimum absolute atomic E-state index is 0.214. The maximum absolute atomic E-state index is 9.38. The van der Waals surface area contributed by atoms with Crippen molar-refractivity contribution >= 4 is 37.6 Å². The summed E-state index contributed by atoms with van der Waals surface area (Å²) in [5, 5.41) is 9.38. The Hall–Kier alpha value is -0.280. The van der Waals surface area contributed by atoms with E-state index in [1.54, 1.807) is 0 Å². The Balaban J connectivity index is 3.04. The number of benzene rings is 1. The SMILES string of the molecule is OC(=C(Br)Br)c1ccccc1. The van der Waals surface area contributed by atoms with E-state index in [0.717, 1.165) is 5.56 Å². The molecule has 0 aliphatic carbocycles. The third-order valence-electron chi connectivity index (χ3n) is 1.23. The van der Waals surface area contributed by atoms with E-state index in [-0.39, 0.29) is 5.76 Å². The second kappa shape index (κ2) is 3.93. The summed E-state index contributed by atoms with van der Waals surface area (Å²) in [6, 6.07) is 9.30. The van der Waals surface area contributed by atoms with Crippen LogP contribution in [0.5, 0.6) is 0 Å². The molecule has 1 aromatic carbocycles. The molecule has 1 rings (SSSR count). The Morgan fingerprint density at radius 3 is 2.09 bits per heavy atom. The molecule has 0 radical (unpaired) electrons. The number of hydrogen-bond donors (Lipinski definition) is 1. The van der Waals surface area contributed by atoms with Crippen molar-refractivity contribution in [3.8, 4) is 0 Å². The molecule has 0 saturated carbocycles. The molecule has 0 bridgehead atoms. The molecule has 0 fully saturated rings. The second-order valence-corrected chi connectivity index (χ2v) is 4.63. The molecule has 0 spiro atoms. The van der Waals surface area contributed by atoms with Crippen LogP contribution in [0.3, 0.4) is 0 Å². The van der Waals surface area contributed by atoms with Crippen molar-refractivity contribution in [2.75, 3.05) is 0 Å². The molecule has 0 atom stereocenters. The molecule has 58 valence electrons. The van der Waals surface area contributed by atoms with Crippen LogP contribution < -0.4 is 0 Å². The van der Waals surface area contributed by atoms with Gasteiger partial charge in [-0.2, -0.15) is 0 Å². The third-order valence-corrected chi connectivity index (χ3v) is 1.98. The first-order valence-corrected chi connectivity index (χ1v) is 4.60. The number of aliphatic hydroxyl groups excluding tert-OH is 1. The normalized spacial score (nSPS) is 9.27. The molecule has 11 heavy (non-hydrogen) atoms. The largest absolute Gasteiger partial charge is 0.506 e. The lowest BCUT2D eigenvalue weighted by molar-refractivity contribution is 0.512. The van der Waals surface area contributed by atoms with Gasteiger partial charge in [0.05, 0.1) is 0 Å². The van der Waals surface area contributed by atoms with Gasteiger partial charge in [0.2, 0.25) is 0 Å². The highest BCUT2D eigenvalue weighted by molar-refractivity contribution is 9.28. The Morgan fingerprint density at radius 1 is 1.09 bits per heavy atom. The predicted molar refractivity (Wildman–Crippen MR) is 53.8 cm³/mol. The zero-order chi connectivity index (χ0) is 8.27. The van der Waals surface area contributed by atoms with Crippen molar-refractivity contribution in [3.05, 3.63) is 39.3 Å². The van der Waals surface area contributed by atoms with Gasteiger partial charge in [-0.05, 0) is 31.9 Å². The Labute approximate surface area is 82.0 Å². The van der Waals surface area contributed by atoms with E-state index in [1.165, 1.54) is 0 Å². The number of halogens is 2. The number of rotatable bonds is 1. The summed E-state index contributed by atoms with van der Waals surface area (Å²) in [6.45, 7) is 0. The van der Waals surface area contributed by atoms with E-state index in [4.69, 9.17) is 0 Å². The van der Waals surface area contributed by atoms with Crippen LogP contribution in [0, 0.1) is 0 Å². The highest BCUT2D eigenvalue weighted by Gasteiger charge is 2.00. The summed E-state index contributed by atoms with van der Waals surface area (Å²) < 4.78 is 0.566. The fourth-order valence-corrected chi connectivity index (χ4v) is 1.16. The van der Waals surface area contributed by atoms with Crippen LogP contribution in [0.25, 0.3) is 5.76 Å². The van der Waals surface area contributed by atoms with Gasteiger partial charge in [-0.15, -0.1) is 0 Å². The van der Waals surface area contributed by atoms with Gasteiger partial charge in [0.1, 0.15) is 9.15 Å². The molecule has 1 aromatic rings. The average molecular weight is 278 g/mol. The summed E-state index contributed by atoms with van der Waals surface area (Å²) in [6.07, 6.45) is 0.